The molecular weight excluding hydrogens is 244 g/mol. The van der Waals surface area contributed by atoms with E-state index in [4.69, 9.17) is 4.74 Å². The predicted octanol–water partition coefficient (Wildman–Crippen LogP) is 1.36. The second-order valence-corrected chi connectivity index (χ2v) is 4.90. The van der Waals surface area contributed by atoms with Gasteiger partial charge in [0.2, 0.25) is 5.91 Å². The second kappa shape index (κ2) is 6.99. The molecule has 0 heterocycles. The average molecular weight is 266 g/mol. The third-order valence-corrected chi connectivity index (χ3v) is 2.56. The number of amides is 1. The maximum Gasteiger partial charge on any atom is 0.234 e. The van der Waals surface area contributed by atoms with Gasteiger partial charge in [0.15, 0.2) is 11.5 Å². The lowest BCUT2D eigenvalue weighted by atomic mass is 10.2. The first kappa shape index (κ1) is 15.3. The molecule has 0 radical (unpaired) electrons. The van der Waals surface area contributed by atoms with Crippen molar-refractivity contribution in [1.29, 1.82) is 0 Å². The SMILES string of the molecule is COc1cc(CN(C)CC(=O)NC(C)C)ccc1O. The minimum atomic E-state index is 0.00300. The molecule has 0 atom stereocenters. The van der Waals surface area contributed by atoms with Gasteiger partial charge in [0, 0.05) is 12.6 Å². The highest BCUT2D eigenvalue weighted by Crippen LogP contribution is 2.26. The quantitative estimate of drug-likeness (QED) is 0.816. The summed E-state index contributed by atoms with van der Waals surface area (Å²) >= 11 is 0. The summed E-state index contributed by atoms with van der Waals surface area (Å²) in [7, 11) is 3.39. The van der Waals surface area contributed by atoms with Crippen molar-refractivity contribution < 1.29 is 14.6 Å². The molecule has 1 amide bonds. The number of nitrogens with zero attached hydrogens (tertiary/aromatic N) is 1. The Balaban J connectivity index is 2.57. The van der Waals surface area contributed by atoms with Crippen molar-refractivity contribution in [3.63, 3.8) is 0 Å². The fourth-order valence-electron chi connectivity index (χ4n) is 1.80. The van der Waals surface area contributed by atoms with Crippen LogP contribution in [0.3, 0.4) is 0 Å². The molecule has 5 heteroatoms. The Labute approximate surface area is 114 Å². The number of phenolic OH excluding ortho intramolecular Hbond substituents is 1. The van der Waals surface area contributed by atoms with Crippen molar-refractivity contribution in [3.8, 4) is 11.5 Å². The van der Waals surface area contributed by atoms with Crippen LogP contribution in [-0.2, 0) is 11.3 Å². The minimum Gasteiger partial charge on any atom is -0.504 e. The summed E-state index contributed by atoms with van der Waals surface area (Å²) in [6, 6.07) is 5.33. The van der Waals surface area contributed by atoms with Gasteiger partial charge in [0.05, 0.1) is 13.7 Å². The topological polar surface area (TPSA) is 61.8 Å². The summed E-state index contributed by atoms with van der Waals surface area (Å²) in [5, 5.41) is 12.4. The smallest absolute Gasteiger partial charge is 0.234 e. The minimum absolute atomic E-state index is 0.00300. The van der Waals surface area contributed by atoms with E-state index < -0.39 is 0 Å². The molecule has 0 aliphatic carbocycles. The summed E-state index contributed by atoms with van der Waals surface area (Å²) in [6.45, 7) is 4.81. The number of phenols is 1. The van der Waals surface area contributed by atoms with Crippen LogP contribution in [0.1, 0.15) is 19.4 Å². The van der Waals surface area contributed by atoms with E-state index in [0.717, 1.165) is 5.56 Å². The van der Waals surface area contributed by atoms with Gasteiger partial charge in [-0.15, -0.1) is 0 Å². The largest absolute Gasteiger partial charge is 0.504 e. The second-order valence-electron chi connectivity index (χ2n) is 4.90. The van der Waals surface area contributed by atoms with Gasteiger partial charge in [-0.3, -0.25) is 9.69 Å². The first-order chi connectivity index (χ1) is 8.92. The summed E-state index contributed by atoms with van der Waals surface area (Å²) in [5.74, 6) is 0.562. The van der Waals surface area contributed by atoms with Crippen LogP contribution in [0.25, 0.3) is 0 Å². The molecule has 0 unspecified atom stereocenters. The number of carbonyl (C=O) groups is 1. The molecule has 2 N–H and O–H groups in total. The normalized spacial score (nSPS) is 10.8. The molecule has 0 aliphatic rings. The van der Waals surface area contributed by atoms with Gasteiger partial charge < -0.3 is 15.2 Å². The van der Waals surface area contributed by atoms with Gasteiger partial charge >= 0.3 is 0 Å². The summed E-state index contributed by atoms with van der Waals surface area (Å²) < 4.78 is 5.05. The Kier molecular flexibility index (Phi) is 5.63. The molecule has 0 bridgehead atoms. The van der Waals surface area contributed by atoms with E-state index in [-0.39, 0.29) is 17.7 Å². The number of likely N-dealkylation sites (N-methyl/N-ethyl adjacent to an activating group) is 1. The van der Waals surface area contributed by atoms with Crippen LogP contribution in [0.4, 0.5) is 0 Å². The van der Waals surface area contributed by atoms with Crippen molar-refractivity contribution in [2.45, 2.75) is 26.4 Å². The number of hydrogen-bond donors (Lipinski definition) is 2. The number of ether oxygens (including phenoxy) is 1. The number of nitrogens with one attached hydrogen (secondary N) is 1. The molecule has 5 nitrogen and oxygen atoms in total. The standard InChI is InChI=1S/C14H22N2O3/c1-10(2)15-14(18)9-16(3)8-11-5-6-12(17)13(7-11)19-4/h5-7,10,17H,8-9H2,1-4H3,(H,15,18). The van der Waals surface area contributed by atoms with Gasteiger partial charge in [0.1, 0.15) is 0 Å². The fraction of sp³-hybridized carbons (Fsp3) is 0.500. The molecular formula is C14H22N2O3. The highest BCUT2D eigenvalue weighted by molar-refractivity contribution is 5.78. The van der Waals surface area contributed by atoms with E-state index in [0.29, 0.717) is 18.8 Å². The molecule has 0 aromatic heterocycles. The molecule has 0 fully saturated rings. The molecule has 106 valence electrons. The lowest BCUT2D eigenvalue weighted by molar-refractivity contribution is -0.122. The first-order valence-electron chi connectivity index (χ1n) is 6.26. The zero-order chi connectivity index (χ0) is 14.4. The lowest BCUT2D eigenvalue weighted by Gasteiger charge is -2.18. The number of carbonyl (C=O) groups excluding carboxylic acids is 1. The van der Waals surface area contributed by atoms with Crippen LogP contribution in [0.2, 0.25) is 0 Å². The zero-order valence-electron chi connectivity index (χ0n) is 11.9. The lowest BCUT2D eigenvalue weighted by Crippen LogP contribution is -2.38. The maximum atomic E-state index is 11.6. The number of rotatable bonds is 6. The highest BCUT2D eigenvalue weighted by atomic mass is 16.5. The van der Waals surface area contributed by atoms with Crippen LogP contribution in [0.5, 0.6) is 11.5 Å². The Hall–Kier alpha value is -1.75. The molecule has 0 saturated carbocycles. The third-order valence-electron chi connectivity index (χ3n) is 2.56. The monoisotopic (exact) mass is 266 g/mol. The van der Waals surface area contributed by atoms with Crippen LogP contribution < -0.4 is 10.1 Å². The number of methoxy groups -OCH3 is 1. The summed E-state index contributed by atoms with van der Waals surface area (Å²) in [4.78, 5) is 13.5. The van der Waals surface area contributed by atoms with Crippen molar-refractivity contribution >= 4 is 5.91 Å². The first-order valence-corrected chi connectivity index (χ1v) is 6.26. The van der Waals surface area contributed by atoms with Crippen molar-refractivity contribution in [2.24, 2.45) is 0 Å². The van der Waals surface area contributed by atoms with E-state index in [1.54, 1.807) is 12.1 Å². The van der Waals surface area contributed by atoms with Gasteiger partial charge in [-0.25, -0.2) is 0 Å². The number of aromatic hydroxyl groups is 1. The van der Waals surface area contributed by atoms with Crippen molar-refractivity contribution in [2.75, 3.05) is 20.7 Å². The Morgan fingerprint density at radius 3 is 2.74 bits per heavy atom. The van der Waals surface area contributed by atoms with Crippen molar-refractivity contribution in [3.05, 3.63) is 23.8 Å². The summed E-state index contributed by atoms with van der Waals surface area (Å²) in [6.07, 6.45) is 0. The van der Waals surface area contributed by atoms with Gasteiger partial charge in [-0.1, -0.05) is 6.07 Å². The van der Waals surface area contributed by atoms with Crippen LogP contribution in [0.15, 0.2) is 18.2 Å². The molecule has 1 aromatic rings. The summed E-state index contributed by atoms with van der Waals surface area (Å²) in [5.41, 5.74) is 0.981. The number of benzene rings is 1. The fourth-order valence-corrected chi connectivity index (χ4v) is 1.80. The van der Waals surface area contributed by atoms with E-state index in [1.165, 1.54) is 7.11 Å². The highest BCUT2D eigenvalue weighted by Gasteiger charge is 2.09. The molecule has 1 rings (SSSR count). The van der Waals surface area contributed by atoms with E-state index in [2.05, 4.69) is 5.32 Å². The Bertz CT molecular complexity index is 433. The molecule has 19 heavy (non-hydrogen) atoms. The Morgan fingerprint density at radius 1 is 1.47 bits per heavy atom. The van der Waals surface area contributed by atoms with Crippen LogP contribution >= 0.6 is 0 Å². The van der Waals surface area contributed by atoms with Gasteiger partial charge in [-0.2, -0.15) is 0 Å². The van der Waals surface area contributed by atoms with E-state index in [9.17, 15) is 9.90 Å². The molecule has 1 aromatic carbocycles. The molecule has 0 saturated heterocycles. The van der Waals surface area contributed by atoms with Gasteiger partial charge in [0.25, 0.3) is 0 Å². The van der Waals surface area contributed by atoms with Crippen LogP contribution in [-0.4, -0.2) is 42.7 Å². The van der Waals surface area contributed by atoms with E-state index in [1.807, 2.05) is 31.9 Å². The Morgan fingerprint density at radius 2 is 2.16 bits per heavy atom. The number of hydrogen-bond acceptors (Lipinski definition) is 4. The predicted molar refractivity (Wildman–Crippen MR) is 74.3 cm³/mol. The molecule has 0 aliphatic heterocycles. The molecule has 0 spiro atoms. The van der Waals surface area contributed by atoms with Crippen LogP contribution in [0, 0.1) is 0 Å². The van der Waals surface area contributed by atoms with E-state index >= 15 is 0 Å². The third kappa shape index (κ3) is 5.18. The van der Waals surface area contributed by atoms with Crippen molar-refractivity contribution in [1.82, 2.24) is 10.2 Å². The van der Waals surface area contributed by atoms with Gasteiger partial charge in [-0.05, 0) is 38.6 Å². The zero-order valence-corrected chi connectivity index (χ0v) is 11.9. The maximum absolute atomic E-state index is 11.6. The average Bonchev–Trinajstić information content (AvgIpc) is 2.30.